The summed E-state index contributed by atoms with van der Waals surface area (Å²) in [6.45, 7) is 10.0. The Bertz CT molecular complexity index is 188. The van der Waals surface area contributed by atoms with Gasteiger partial charge in [-0.1, -0.05) is 40.0 Å². The molecule has 3 unspecified atom stereocenters. The fourth-order valence-electron chi connectivity index (χ4n) is 2.18. The Morgan fingerprint density at radius 3 is 1.43 bits per heavy atom. The van der Waals surface area contributed by atoms with Crippen molar-refractivity contribution >= 4 is 0 Å². The second-order valence-electron chi connectivity index (χ2n) is 6.57. The number of hydrogen-bond acceptors (Lipinski definition) is 4. The van der Waals surface area contributed by atoms with Crippen molar-refractivity contribution in [3.63, 3.8) is 0 Å². The maximum atomic E-state index is 5.51. The van der Waals surface area contributed by atoms with E-state index >= 15 is 0 Å². The molecule has 0 bridgehead atoms. The molecule has 0 fully saturated rings. The van der Waals surface area contributed by atoms with Crippen LogP contribution in [-0.2, 0) is 0 Å². The highest BCUT2D eigenvalue weighted by molar-refractivity contribution is 4.58. The third-order valence-electron chi connectivity index (χ3n) is 4.02. The lowest BCUT2D eigenvalue weighted by atomic mass is 9.96. The molecule has 21 heavy (non-hydrogen) atoms. The van der Waals surface area contributed by atoms with Gasteiger partial charge >= 0.3 is 0 Å². The van der Waals surface area contributed by atoms with E-state index in [0.717, 1.165) is 57.3 Å². The van der Waals surface area contributed by atoms with E-state index in [1.54, 1.807) is 0 Å². The molecule has 4 nitrogen and oxygen atoms in total. The molecule has 0 saturated carbocycles. The van der Waals surface area contributed by atoms with Gasteiger partial charge in [0.2, 0.25) is 0 Å². The minimum Gasteiger partial charge on any atom is -0.330 e. The Hall–Kier alpha value is -0.160. The third kappa shape index (κ3) is 19.8. The normalized spacial score (nSPS) is 15.0. The quantitative estimate of drug-likeness (QED) is 0.416. The molecule has 8 N–H and O–H groups in total. The first kappa shape index (κ1) is 23.1. The first-order chi connectivity index (χ1) is 10.0. The predicted octanol–water partition coefficient (Wildman–Crippen LogP) is 2.45. The van der Waals surface area contributed by atoms with Crippen molar-refractivity contribution in [3.05, 3.63) is 0 Å². The molecule has 0 spiro atoms. The Balaban J connectivity index is 0. The van der Waals surface area contributed by atoms with Crippen LogP contribution < -0.4 is 22.9 Å². The van der Waals surface area contributed by atoms with Gasteiger partial charge in [0.25, 0.3) is 0 Å². The van der Waals surface area contributed by atoms with Gasteiger partial charge in [-0.15, -0.1) is 0 Å². The summed E-state index contributed by atoms with van der Waals surface area (Å²) in [5.74, 6) is 2.24. The van der Waals surface area contributed by atoms with Gasteiger partial charge in [0.15, 0.2) is 0 Å². The van der Waals surface area contributed by atoms with Gasteiger partial charge in [-0.05, 0) is 69.6 Å². The second kappa shape index (κ2) is 17.9. The molecule has 0 saturated heterocycles. The average Bonchev–Trinajstić information content (AvgIpc) is 2.46. The third-order valence-corrected chi connectivity index (χ3v) is 4.02. The van der Waals surface area contributed by atoms with Crippen molar-refractivity contribution in [1.82, 2.24) is 0 Å². The molecule has 4 heteroatoms. The summed E-state index contributed by atoms with van der Waals surface area (Å²) in [5, 5.41) is 0. The summed E-state index contributed by atoms with van der Waals surface area (Å²) in [5.41, 5.74) is 21.7. The molecule has 3 atom stereocenters. The standard InChI is InChI=1S/C9H22N2.C8H20N2/c1-8(5-6-10)3-4-9(2)7-11;1-8(5-7-10)4-2-3-6-9/h8-9H,3-7,10-11H2,1-2H3;8H,2-7,9-10H2,1H3. The molecule has 0 aromatic carbocycles. The summed E-state index contributed by atoms with van der Waals surface area (Å²) in [4.78, 5) is 0. The van der Waals surface area contributed by atoms with E-state index in [9.17, 15) is 0 Å². The lowest BCUT2D eigenvalue weighted by Crippen LogP contribution is -2.13. The monoisotopic (exact) mass is 302 g/mol. The zero-order valence-corrected chi connectivity index (χ0v) is 14.8. The first-order valence-electron chi connectivity index (χ1n) is 8.81. The van der Waals surface area contributed by atoms with Crippen molar-refractivity contribution in [1.29, 1.82) is 0 Å². The zero-order chi connectivity index (χ0) is 16.5. The summed E-state index contributed by atoms with van der Waals surface area (Å²) >= 11 is 0. The van der Waals surface area contributed by atoms with E-state index in [1.165, 1.54) is 25.7 Å². The number of hydrogen-bond donors (Lipinski definition) is 4. The Morgan fingerprint density at radius 1 is 0.524 bits per heavy atom. The van der Waals surface area contributed by atoms with Crippen LogP contribution in [0.4, 0.5) is 0 Å². The average molecular weight is 303 g/mol. The summed E-state index contributed by atoms with van der Waals surface area (Å²) in [7, 11) is 0. The maximum Gasteiger partial charge on any atom is -0.00515 e. The van der Waals surface area contributed by atoms with Crippen molar-refractivity contribution < 1.29 is 0 Å². The van der Waals surface area contributed by atoms with Gasteiger partial charge in [-0.2, -0.15) is 0 Å². The Morgan fingerprint density at radius 2 is 1.00 bits per heavy atom. The summed E-state index contributed by atoms with van der Waals surface area (Å²) in [6.07, 6.45) is 8.54. The highest BCUT2D eigenvalue weighted by Gasteiger charge is 2.04. The van der Waals surface area contributed by atoms with Crippen LogP contribution in [-0.4, -0.2) is 26.2 Å². The van der Waals surface area contributed by atoms with Crippen LogP contribution in [0.2, 0.25) is 0 Å². The summed E-state index contributed by atoms with van der Waals surface area (Å²) < 4.78 is 0. The molecule has 0 radical (unpaired) electrons. The van der Waals surface area contributed by atoms with Gasteiger partial charge in [-0.3, -0.25) is 0 Å². The van der Waals surface area contributed by atoms with E-state index in [1.807, 2.05) is 0 Å². The molecular formula is C17H42N4. The van der Waals surface area contributed by atoms with Crippen molar-refractivity contribution in [3.8, 4) is 0 Å². The molecule has 0 aliphatic carbocycles. The minimum absolute atomic E-state index is 0.676. The highest BCUT2D eigenvalue weighted by atomic mass is 14.5. The van der Waals surface area contributed by atoms with Gasteiger partial charge in [0.05, 0.1) is 0 Å². The molecule has 0 aliphatic rings. The van der Waals surface area contributed by atoms with Crippen molar-refractivity contribution in [2.45, 2.75) is 65.7 Å². The van der Waals surface area contributed by atoms with Gasteiger partial charge in [0, 0.05) is 0 Å². The van der Waals surface area contributed by atoms with E-state index in [2.05, 4.69) is 20.8 Å². The Kier molecular flexibility index (Phi) is 19.7. The molecule has 0 aromatic rings. The molecular weight excluding hydrogens is 260 g/mol. The molecule has 0 rings (SSSR count). The second-order valence-corrected chi connectivity index (χ2v) is 6.57. The van der Waals surface area contributed by atoms with E-state index in [0.29, 0.717) is 5.92 Å². The van der Waals surface area contributed by atoms with E-state index < -0.39 is 0 Å². The van der Waals surface area contributed by atoms with Gasteiger partial charge in [0.1, 0.15) is 0 Å². The Labute approximate surface area is 133 Å². The first-order valence-corrected chi connectivity index (χ1v) is 8.81. The number of unbranched alkanes of at least 4 members (excludes halogenated alkanes) is 1. The fourth-order valence-corrected chi connectivity index (χ4v) is 2.18. The van der Waals surface area contributed by atoms with Crippen LogP contribution in [0.25, 0.3) is 0 Å². The van der Waals surface area contributed by atoms with Crippen LogP contribution in [0, 0.1) is 17.8 Å². The summed E-state index contributed by atoms with van der Waals surface area (Å²) in [6, 6.07) is 0. The minimum atomic E-state index is 0.676. The highest BCUT2D eigenvalue weighted by Crippen LogP contribution is 2.13. The van der Waals surface area contributed by atoms with Gasteiger partial charge < -0.3 is 22.9 Å². The topological polar surface area (TPSA) is 104 Å². The number of nitrogens with two attached hydrogens (primary N) is 4. The van der Waals surface area contributed by atoms with Crippen LogP contribution in [0.3, 0.4) is 0 Å². The fraction of sp³-hybridized carbons (Fsp3) is 1.00. The van der Waals surface area contributed by atoms with Crippen LogP contribution in [0.15, 0.2) is 0 Å². The molecule has 0 aliphatic heterocycles. The van der Waals surface area contributed by atoms with Crippen molar-refractivity contribution in [2.75, 3.05) is 26.2 Å². The smallest absolute Gasteiger partial charge is 0.00515 e. The molecule has 0 heterocycles. The van der Waals surface area contributed by atoms with Gasteiger partial charge in [-0.25, -0.2) is 0 Å². The van der Waals surface area contributed by atoms with E-state index in [4.69, 9.17) is 22.9 Å². The molecule has 130 valence electrons. The van der Waals surface area contributed by atoms with Crippen molar-refractivity contribution in [2.24, 2.45) is 40.7 Å². The lowest BCUT2D eigenvalue weighted by molar-refractivity contribution is 0.420. The lowest BCUT2D eigenvalue weighted by Gasteiger charge is -2.12. The SMILES string of the molecule is CC(CCN)CCCCN.CC(CN)CCC(C)CCN. The molecule has 0 amide bonds. The van der Waals surface area contributed by atoms with Crippen LogP contribution in [0.1, 0.15) is 65.7 Å². The maximum absolute atomic E-state index is 5.51. The number of rotatable bonds is 12. The largest absolute Gasteiger partial charge is 0.330 e. The predicted molar refractivity (Wildman–Crippen MR) is 96.0 cm³/mol. The molecule has 0 aromatic heterocycles. The van der Waals surface area contributed by atoms with Crippen LogP contribution in [0.5, 0.6) is 0 Å². The van der Waals surface area contributed by atoms with E-state index in [-0.39, 0.29) is 0 Å². The van der Waals surface area contributed by atoms with Crippen LogP contribution >= 0.6 is 0 Å². The zero-order valence-electron chi connectivity index (χ0n) is 14.8.